The van der Waals surface area contributed by atoms with Gasteiger partial charge >= 0.3 is 0 Å². The highest BCUT2D eigenvalue weighted by Gasteiger charge is 2.14. The van der Waals surface area contributed by atoms with Gasteiger partial charge in [-0.15, -0.1) is 11.3 Å². The van der Waals surface area contributed by atoms with Crippen LogP contribution in [0.3, 0.4) is 0 Å². The van der Waals surface area contributed by atoms with Crippen molar-refractivity contribution < 1.29 is 8.42 Å². The summed E-state index contributed by atoms with van der Waals surface area (Å²) in [6.45, 7) is 0.409. The van der Waals surface area contributed by atoms with Gasteiger partial charge in [0.2, 0.25) is 10.0 Å². The average Bonchev–Trinajstić information content (AvgIpc) is 2.97. The van der Waals surface area contributed by atoms with Crippen molar-refractivity contribution in [2.24, 2.45) is 5.73 Å². The highest BCUT2D eigenvalue weighted by Crippen LogP contribution is 2.11. The molecule has 8 heteroatoms. The van der Waals surface area contributed by atoms with Crippen LogP contribution >= 0.6 is 11.3 Å². The Morgan fingerprint density at radius 1 is 1.30 bits per heavy atom. The van der Waals surface area contributed by atoms with Gasteiger partial charge in [-0.3, -0.25) is 9.97 Å². The van der Waals surface area contributed by atoms with Crippen molar-refractivity contribution in [1.82, 2.24) is 14.7 Å². The maximum atomic E-state index is 12.1. The summed E-state index contributed by atoms with van der Waals surface area (Å²) in [5.74, 6) is 5.40. The number of rotatable bonds is 4. The predicted octanol–water partition coefficient (Wildman–Crippen LogP) is 0.327. The van der Waals surface area contributed by atoms with Crippen LogP contribution in [0.5, 0.6) is 0 Å². The molecule has 6 nitrogen and oxygen atoms in total. The smallest absolute Gasteiger partial charge is 0.242 e. The summed E-state index contributed by atoms with van der Waals surface area (Å²) in [5, 5.41) is 0. The minimum Gasteiger partial charge on any atom is -0.320 e. The molecular formula is C12H12N4O2S2. The summed E-state index contributed by atoms with van der Waals surface area (Å²) in [6.07, 6.45) is 4.39. The van der Waals surface area contributed by atoms with Crippen LogP contribution in [0.1, 0.15) is 10.4 Å². The van der Waals surface area contributed by atoms with Crippen LogP contribution in [0.25, 0.3) is 0 Å². The quantitative estimate of drug-likeness (QED) is 0.793. The Kier molecular flexibility index (Phi) is 4.81. The van der Waals surface area contributed by atoms with Crippen LogP contribution in [-0.4, -0.2) is 24.9 Å². The van der Waals surface area contributed by atoms with E-state index < -0.39 is 10.0 Å². The van der Waals surface area contributed by atoms with Crippen LogP contribution < -0.4 is 10.5 Å². The first-order valence-electron chi connectivity index (χ1n) is 5.63. The summed E-state index contributed by atoms with van der Waals surface area (Å²) in [7, 11) is -3.62. The van der Waals surface area contributed by atoms with Crippen molar-refractivity contribution >= 4 is 21.4 Å². The first kappa shape index (κ1) is 14.6. The van der Waals surface area contributed by atoms with Gasteiger partial charge in [0.1, 0.15) is 4.90 Å². The van der Waals surface area contributed by atoms with Crippen molar-refractivity contribution in [3.05, 3.63) is 40.6 Å². The van der Waals surface area contributed by atoms with Crippen LogP contribution in [-0.2, 0) is 16.6 Å². The van der Waals surface area contributed by atoms with Crippen LogP contribution in [0, 0.1) is 11.8 Å². The molecule has 0 unspecified atom stereocenters. The van der Waals surface area contributed by atoms with E-state index in [9.17, 15) is 8.42 Å². The van der Waals surface area contributed by atoms with Gasteiger partial charge in [0.15, 0.2) is 0 Å². The third-order valence-electron chi connectivity index (χ3n) is 2.28. The summed E-state index contributed by atoms with van der Waals surface area (Å²) in [6, 6.07) is 1.46. The van der Waals surface area contributed by atoms with Crippen LogP contribution in [0.15, 0.2) is 35.1 Å². The molecular weight excluding hydrogens is 296 g/mol. The van der Waals surface area contributed by atoms with Crippen molar-refractivity contribution in [2.45, 2.75) is 11.4 Å². The number of thiazole rings is 1. The van der Waals surface area contributed by atoms with Crippen molar-refractivity contribution in [2.75, 3.05) is 6.54 Å². The molecule has 2 rings (SSSR count). The topological polar surface area (TPSA) is 98.0 Å². The zero-order valence-corrected chi connectivity index (χ0v) is 12.0. The lowest BCUT2D eigenvalue weighted by atomic mass is 10.3. The number of hydrogen-bond acceptors (Lipinski definition) is 6. The zero-order valence-electron chi connectivity index (χ0n) is 10.4. The lowest BCUT2D eigenvalue weighted by Gasteiger charge is -2.05. The summed E-state index contributed by atoms with van der Waals surface area (Å²) >= 11 is 1.38. The lowest BCUT2D eigenvalue weighted by molar-refractivity contribution is 0.581. The van der Waals surface area contributed by atoms with Crippen molar-refractivity contribution in [3.8, 4) is 11.8 Å². The van der Waals surface area contributed by atoms with Gasteiger partial charge in [0.05, 0.1) is 12.1 Å². The normalized spacial score (nSPS) is 10.8. The minimum atomic E-state index is -3.62. The molecule has 3 N–H and O–H groups in total. The minimum absolute atomic E-state index is 0.0748. The van der Waals surface area contributed by atoms with E-state index >= 15 is 0 Å². The van der Waals surface area contributed by atoms with E-state index in [1.165, 1.54) is 29.8 Å². The number of nitrogens with two attached hydrogens (primary N) is 1. The molecule has 2 aromatic rings. The average molecular weight is 308 g/mol. The molecule has 0 spiro atoms. The summed E-state index contributed by atoms with van der Waals surface area (Å²) in [4.78, 5) is 8.67. The second-order valence-corrected chi connectivity index (χ2v) is 6.45. The first-order chi connectivity index (χ1) is 9.62. The van der Waals surface area contributed by atoms with Gasteiger partial charge < -0.3 is 5.73 Å². The van der Waals surface area contributed by atoms with Crippen LogP contribution in [0.2, 0.25) is 0 Å². The van der Waals surface area contributed by atoms with Gasteiger partial charge in [0.25, 0.3) is 0 Å². The number of nitrogens with zero attached hydrogens (tertiary/aromatic N) is 2. The Morgan fingerprint density at radius 3 is 2.85 bits per heavy atom. The zero-order chi connectivity index (χ0) is 14.4. The predicted molar refractivity (Wildman–Crippen MR) is 76.3 cm³/mol. The van der Waals surface area contributed by atoms with Gasteiger partial charge in [-0.25, -0.2) is 13.1 Å². The van der Waals surface area contributed by atoms with E-state index in [0.29, 0.717) is 5.56 Å². The van der Waals surface area contributed by atoms with Gasteiger partial charge in [-0.05, 0) is 6.07 Å². The van der Waals surface area contributed by atoms with E-state index in [1.54, 1.807) is 11.7 Å². The Hall–Kier alpha value is -1.79. The molecule has 0 atom stereocenters. The molecule has 0 saturated carbocycles. The molecule has 0 amide bonds. The maximum Gasteiger partial charge on any atom is 0.242 e. The molecule has 0 fully saturated rings. The number of sulfonamides is 1. The standard InChI is InChI=1S/C12H12N4O2S2/c13-3-1-2-10-4-12(8-14-5-10)20(17,18)16-7-11-6-15-9-19-11/h4-6,8-9,16H,3,7,13H2. The molecule has 0 bridgehead atoms. The van der Waals surface area contributed by atoms with E-state index in [0.717, 1.165) is 4.88 Å². The van der Waals surface area contributed by atoms with Gasteiger partial charge in [-0.1, -0.05) is 11.8 Å². The molecule has 2 aromatic heterocycles. The SMILES string of the molecule is NCC#Cc1cncc(S(=O)(=O)NCc2cncs2)c1. The Morgan fingerprint density at radius 2 is 2.15 bits per heavy atom. The lowest BCUT2D eigenvalue weighted by Crippen LogP contribution is -2.23. The third-order valence-corrected chi connectivity index (χ3v) is 4.43. The van der Waals surface area contributed by atoms with E-state index in [-0.39, 0.29) is 18.0 Å². The summed E-state index contributed by atoms with van der Waals surface area (Å²) in [5.41, 5.74) is 7.43. The Bertz CT molecular complexity index is 730. The fourth-order valence-corrected chi connectivity index (χ4v) is 2.99. The second kappa shape index (κ2) is 6.58. The van der Waals surface area contributed by atoms with Gasteiger partial charge in [-0.2, -0.15) is 0 Å². The molecule has 20 heavy (non-hydrogen) atoms. The molecule has 104 valence electrons. The molecule has 0 aliphatic heterocycles. The van der Waals surface area contributed by atoms with Crippen molar-refractivity contribution in [1.29, 1.82) is 0 Å². The monoisotopic (exact) mass is 308 g/mol. The van der Waals surface area contributed by atoms with E-state index in [1.807, 2.05) is 0 Å². The molecule has 0 aliphatic carbocycles. The Balaban J connectivity index is 2.16. The molecule has 0 saturated heterocycles. The second-order valence-electron chi connectivity index (χ2n) is 3.71. The number of hydrogen-bond donors (Lipinski definition) is 2. The summed E-state index contributed by atoms with van der Waals surface area (Å²) < 4.78 is 26.7. The fraction of sp³-hybridized carbons (Fsp3) is 0.167. The van der Waals surface area contributed by atoms with Gasteiger partial charge in [0, 0.05) is 35.6 Å². The van der Waals surface area contributed by atoms with Crippen LogP contribution in [0.4, 0.5) is 0 Å². The molecule has 0 radical (unpaired) electrons. The van der Waals surface area contributed by atoms with Crippen molar-refractivity contribution in [3.63, 3.8) is 0 Å². The molecule has 0 aromatic carbocycles. The largest absolute Gasteiger partial charge is 0.320 e. The number of pyridine rings is 1. The highest BCUT2D eigenvalue weighted by atomic mass is 32.2. The maximum absolute atomic E-state index is 12.1. The third kappa shape index (κ3) is 3.85. The highest BCUT2D eigenvalue weighted by molar-refractivity contribution is 7.89. The molecule has 0 aliphatic rings. The van der Waals surface area contributed by atoms with E-state index in [2.05, 4.69) is 26.5 Å². The molecule has 2 heterocycles. The number of aromatic nitrogens is 2. The van der Waals surface area contributed by atoms with E-state index in [4.69, 9.17) is 5.73 Å². The number of nitrogens with one attached hydrogen (secondary N) is 1. The fourth-order valence-electron chi connectivity index (χ4n) is 1.37. The first-order valence-corrected chi connectivity index (χ1v) is 7.99. The Labute approximate surface area is 121 Å².